The van der Waals surface area contributed by atoms with Gasteiger partial charge in [-0.25, -0.2) is 4.79 Å². The SMILES string of the molecule is CC(C)(C)OC(=O)CCC(=O)OCOC(=O)ON1C(=O)CCC1=O. The third-order valence-electron chi connectivity index (χ3n) is 2.52. The molecule has 0 saturated carbocycles. The summed E-state index contributed by atoms with van der Waals surface area (Å²) in [5.41, 5.74) is -0.654. The highest BCUT2D eigenvalue weighted by Gasteiger charge is 2.33. The predicted molar refractivity (Wildman–Crippen MR) is 74.7 cm³/mol. The molecule has 0 bridgehead atoms. The fourth-order valence-electron chi connectivity index (χ4n) is 1.57. The van der Waals surface area contributed by atoms with Gasteiger partial charge in [-0.15, -0.1) is 0 Å². The van der Waals surface area contributed by atoms with Gasteiger partial charge in [0.2, 0.25) is 6.79 Å². The van der Waals surface area contributed by atoms with Gasteiger partial charge >= 0.3 is 18.1 Å². The van der Waals surface area contributed by atoms with E-state index in [-0.39, 0.29) is 25.7 Å². The zero-order chi connectivity index (χ0) is 18.3. The average molecular weight is 345 g/mol. The number of carbonyl (C=O) groups excluding carboxylic acids is 5. The van der Waals surface area contributed by atoms with Crippen molar-refractivity contribution in [1.82, 2.24) is 5.06 Å². The summed E-state index contributed by atoms with van der Waals surface area (Å²) in [6.07, 6.45) is -1.90. The van der Waals surface area contributed by atoms with Crippen LogP contribution in [0.3, 0.4) is 0 Å². The molecule has 0 aromatic heterocycles. The molecule has 24 heavy (non-hydrogen) atoms. The normalized spacial score (nSPS) is 14.4. The molecule has 1 fully saturated rings. The molecule has 1 rings (SSSR count). The lowest BCUT2D eigenvalue weighted by Gasteiger charge is -2.19. The number of amides is 2. The average Bonchev–Trinajstić information content (AvgIpc) is 2.75. The molecule has 10 nitrogen and oxygen atoms in total. The van der Waals surface area contributed by atoms with E-state index < -0.39 is 42.3 Å². The van der Waals surface area contributed by atoms with Crippen molar-refractivity contribution in [3.05, 3.63) is 0 Å². The number of ether oxygens (including phenoxy) is 3. The topological polar surface area (TPSA) is 126 Å². The number of carbonyl (C=O) groups is 5. The van der Waals surface area contributed by atoms with Crippen LogP contribution in [-0.2, 0) is 38.2 Å². The van der Waals surface area contributed by atoms with E-state index in [1.54, 1.807) is 20.8 Å². The quantitative estimate of drug-likeness (QED) is 0.391. The molecular formula is C14H19NO9. The smallest absolute Gasteiger partial charge is 0.460 e. The van der Waals surface area contributed by atoms with Gasteiger partial charge in [-0.2, -0.15) is 0 Å². The summed E-state index contributed by atoms with van der Waals surface area (Å²) in [6, 6.07) is 0. The van der Waals surface area contributed by atoms with Gasteiger partial charge in [0, 0.05) is 12.8 Å². The van der Waals surface area contributed by atoms with Gasteiger partial charge in [-0.05, 0) is 20.8 Å². The van der Waals surface area contributed by atoms with Crippen molar-refractivity contribution in [2.24, 2.45) is 0 Å². The van der Waals surface area contributed by atoms with Crippen molar-refractivity contribution in [1.29, 1.82) is 0 Å². The summed E-state index contributed by atoms with van der Waals surface area (Å²) in [5, 5.41) is 0.298. The van der Waals surface area contributed by atoms with Crippen molar-refractivity contribution in [2.75, 3.05) is 6.79 Å². The maximum atomic E-state index is 11.4. The van der Waals surface area contributed by atoms with Crippen LogP contribution in [-0.4, -0.2) is 47.4 Å². The van der Waals surface area contributed by atoms with Gasteiger partial charge in [0.05, 0.1) is 12.8 Å². The summed E-state index contributed by atoms with van der Waals surface area (Å²) in [4.78, 5) is 60.8. The van der Waals surface area contributed by atoms with Crippen molar-refractivity contribution < 1.29 is 43.0 Å². The van der Waals surface area contributed by atoms with E-state index in [1.807, 2.05) is 0 Å². The van der Waals surface area contributed by atoms with Crippen LogP contribution in [0.4, 0.5) is 4.79 Å². The van der Waals surface area contributed by atoms with Crippen molar-refractivity contribution in [3.8, 4) is 0 Å². The van der Waals surface area contributed by atoms with Crippen LogP contribution in [0.25, 0.3) is 0 Å². The van der Waals surface area contributed by atoms with Crippen LogP contribution in [0.2, 0.25) is 0 Å². The Bertz CT molecular complexity index is 519. The molecule has 0 aromatic carbocycles. The Labute approximate surface area is 137 Å². The molecule has 0 atom stereocenters. The summed E-state index contributed by atoms with van der Waals surface area (Å²) in [6.45, 7) is 4.30. The van der Waals surface area contributed by atoms with E-state index in [0.29, 0.717) is 5.06 Å². The maximum absolute atomic E-state index is 11.4. The molecule has 1 heterocycles. The molecule has 0 aromatic rings. The van der Waals surface area contributed by atoms with Gasteiger partial charge in [0.25, 0.3) is 11.8 Å². The van der Waals surface area contributed by atoms with Gasteiger partial charge in [-0.3, -0.25) is 24.0 Å². The zero-order valence-corrected chi connectivity index (χ0v) is 13.7. The molecule has 10 heteroatoms. The highest BCUT2D eigenvalue weighted by atomic mass is 16.9. The predicted octanol–water partition coefficient (Wildman–Crippen LogP) is 0.826. The Hall–Kier alpha value is -2.65. The van der Waals surface area contributed by atoms with Crippen LogP contribution in [0.5, 0.6) is 0 Å². The number of hydroxylamine groups is 2. The van der Waals surface area contributed by atoms with Crippen LogP contribution in [0.15, 0.2) is 0 Å². The third kappa shape index (κ3) is 7.07. The van der Waals surface area contributed by atoms with Crippen LogP contribution < -0.4 is 0 Å². The second-order valence-corrected chi connectivity index (χ2v) is 5.79. The van der Waals surface area contributed by atoms with Gasteiger partial charge in [0.1, 0.15) is 5.60 Å². The van der Waals surface area contributed by atoms with Crippen molar-refractivity contribution >= 4 is 29.9 Å². The van der Waals surface area contributed by atoms with Gasteiger partial charge in [0.15, 0.2) is 0 Å². The van der Waals surface area contributed by atoms with E-state index in [2.05, 4.69) is 14.3 Å². The second-order valence-electron chi connectivity index (χ2n) is 5.79. The Morgan fingerprint density at radius 2 is 1.50 bits per heavy atom. The Balaban J connectivity index is 2.19. The molecule has 0 spiro atoms. The number of hydrogen-bond donors (Lipinski definition) is 0. The largest absolute Gasteiger partial charge is 0.536 e. The lowest BCUT2D eigenvalue weighted by molar-refractivity contribution is -0.182. The lowest BCUT2D eigenvalue weighted by Crippen LogP contribution is -2.32. The monoisotopic (exact) mass is 345 g/mol. The highest BCUT2D eigenvalue weighted by molar-refractivity contribution is 6.01. The standard InChI is InChI=1S/C14H19NO9/c1-14(2,3)23-12(19)7-6-11(18)21-8-22-13(20)24-15-9(16)4-5-10(15)17/h4-8H2,1-3H3. The fourth-order valence-corrected chi connectivity index (χ4v) is 1.57. The minimum absolute atomic E-state index is 0.0498. The molecule has 0 radical (unpaired) electrons. The van der Waals surface area contributed by atoms with Crippen LogP contribution >= 0.6 is 0 Å². The summed E-state index contributed by atoms with van der Waals surface area (Å²) < 4.78 is 13.9. The molecule has 1 aliphatic heterocycles. The van der Waals surface area contributed by atoms with E-state index in [1.165, 1.54) is 0 Å². The Morgan fingerprint density at radius 1 is 0.958 bits per heavy atom. The Morgan fingerprint density at radius 3 is 2.04 bits per heavy atom. The van der Waals surface area contributed by atoms with Crippen LogP contribution in [0.1, 0.15) is 46.5 Å². The van der Waals surface area contributed by atoms with E-state index >= 15 is 0 Å². The highest BCUT2D eigenvalue weighted by Crippen LogP contribution is 2.12. The molecule has 134 valence electrons. The number of nitrogens with zero attached hydrogens (tertiary/aromatic N) is 1. The van der Waals surface area contributed by atoms with Gasteiger partial charge < -0.3 is 14.2 Å². The summed E-state index contributed by atoms with van der Waals surface area (Å²) in [7, 11) is 0. The molecule has 1 saturated heterocycles. The number of hydrogen-bond acceptors (Lipinski definition) is 9. The molecule has 0 N–H and O–H groups in total. The zero-order valence-electron chi connectivity index (χ0n) is 13.7. The lowest BCUT2D eigenvalue weighted by atomic mass is 10.2. The van der Waals surface area contributed by atoms with E-state index in [4.69, 9.17) is 4.74 Å². The van der Waals surface area contributed by atoms with Crippen LogP contribution in [0, 0.1) is 0 Å². The minimum atomic E-state index is -1.36. The second kappa shape index (κ2) is 8.27. The Kier molecular flexibility index (Phi) is 6.69. The first-order valence-corrected chi connectivity index (χ1v) is 7.16. The number of esters is 2. The van der Waals surface area contributed by atoms with Gasteiger partial charge in [-0.1, -0.05) is 5.06 Å². The minimum Gasteiger partial charge on any atom is -0.460 e. The van der Waals surface area contributed by atoms with E-state index in [9.17, 15) is 24.0 Å². The fraction of sp³-hybridized carbons (Fsp3) is 0.643. The number of rotatable bonds is 6. The third-order valence-corrected chi connectivity index (χ3v) is 2.52. The van der Waals surface area contributed by atoms with Crippen molar-refractivity contribution in [3.63, 3.8) is 0 Å². The summed E-state index contributed by atoms with van der Waals surface area (Å²) in [5.74, 6) is -2.68. The first kappa shape index (κ1) is 19.4. The van der Waals surface area contributed by atoms with E-state index in [0.717, 1.165) is 0 Å². The molecule has 0 unspecified atom stereocenters. The van der Waals surface area contributed by atoms with Crippen molar-refractivity contribution in [2.45, 2.75) is 52.1 Å². The first-order chi connectivity index (χ1) is 11.1. The number of imide groups is 1. The first-order valence-electron chi connectivity index (χ1n) is 7.16. The molecular weight excluding hydrogens is 326 g/mol. The molecule has 0 aliphatic carbocycles. The summed E-state index contributed by atoms with van der Waals surface area (Å²) >= 11 is 0. The molecule has 1 aliphatic rings. The molecule has 2 amide bonds. The maximum Gasteiger partial charge on any atom is 0.536 e.